The number of hydrogen-bond donors (Lipinski definition) is 2. The number of halogens is 1. The Kier molecular flexibility index (Phi) is 6.10. The first-order valence-corrected chi connectivity index (χ1v) is 10.0. The zero-order chi connectivity index (χ0) is 21.6. The summed E-state index contributed by atoms with van der Waals surface area (Å²) in [5, 5.41) is 4.92. The Bertz CT molecular complexity index is 1210. The summed E-state index contributed by atoms with van der Waals surface area (Å²) in [4.78, 5) is 25.3. The van der Waals surface area contributed by atoms with Gasteiger partial charge in [-0.05, 0) is 17.7 Å². The summed E-state index contributed by atoms with van der Waals surface area (Å²) in [5.41, 5.74) is 7.89. The van der Waals surface area contributed by atoms with Gasteiger partial charge in [-0.2, -0.15) is 5.10 Å². The van der Waals surface area contributed by atoms with E-state index in [0.29, 0.717) is 22.8 Å². The number of carbonyl (C=O) groups excluding carboxylic acids is 2. The highest BCUT2D eigenvalue weighted by molar-refractivity contribution is 6.33. The first kappa shape index (κ1) is 20.4. The predicted molar refractivity (Wildman–Crippen MR) is 120 cm³/mol. The highest BCUT2D eigenvalue weighted by Crippen LogP contribution is 2.22. The molecule has 6 nitrogen and oxygen atoms in total. The van der Waals surface area contributed by atoms with Crippen LogP contribution in [0.5, 0.6) is 0 Å². The van der Waals surface area contributed by atoms with E-state index in [1.165, 1.54) is 0 Å². The second kappa shape index (κ2) is 9.28. The molecule has 0 fully saturated rings. The smallest absolute Gasteiger partial charge is 0.267 e. The minimum Gasteiger partial charge on any atom is -0.267 e. The molecule has 31 heavy (non-hydrogen) atoms. The van der Waals surface area contributed by atoms with Crippen LogP contribution in [0.2, 0.25) is 5.02 Å². The third-order valence-corrected chi connectivity index (χ3v) is 4.98. The van der Waals surface area contributed by atoms with E-state index < -0.39 is 11.8 Å². The third-order valence-electron chi connectivity index (χ3n) is 4.65. The Labute approximate surface area is 184 Å². The van der Waals surface area contributed by atoms with E-state index in [1.54, 1.807) is 35.1 Å². The molecule has 4 aromatic rings. The molecule has 0 atom stereocenters. The molecule has 7 heteroatoms. The highest BCUT2D eigenvalue weighted by atomic mass is 35.5. The molecular weight excluding hydrogens is 412 g/mol. The number of hydrazine groups is 1. The molecule has 0 saturated heterocycles. The van der Waals surface area contributed by atoms with Gasteiger partial charge in [0.15, 0.2) is 0 Å². The lowest BCUT2D eigenvalue weighted by molar-refractivity contribution is 0.0847. The molecule has 0 spiro atoms. The van der Waals surface area contributed by atoms with Gasteiger partial charge >= 0.3 is 0 Å². The second-order valence-electron chi connectivity index (χ2n) is 6.83. The molecule has 2 N–H and O–H groups in total. The molecule has 0 bridgehead atoms. The lowest BCUT2D eigenvalue weighted by Gasteiger charge is -2.08. The first-order valence-electron chi connectivity index (χ1n) is 9.64. The van der Waals surface area contributed by atoms with Gasteiger partial charge in [-0.3, -0.25) is 25.1 Å². The fourth-order valence-corrected chi connectivity index (χ4v) is 3.36. The van der Waals surface area contributed by atoms with Crippen LogP contribution in [0, 0.1) is 0 Å². The summed E-state index contributed by atoms with van der Waals surface area (Å²) in [7, 11) is 0. The van der Waals surface area contributed by atoms with E-state index >= 15 is 0 Å². The Balaban J connectivity index is 1.57. The second-order valence-corrected chi connectivity index (χ2v) is 7.24. The van der Waals surface area contributed by atoms with Crippen molar-refractivity contribution >= 4 is 23.4 Å². The molecule has 0 radical (unpaired) electrons. The van der Waals surface area contributed by atoms with Gasteiger partial charge in [0.1, 0.15) is 5.69 Å². The van der Waals surface area contributed by atoms with Crippen molar-refractivity contribution in [3.05, 3.63) is 113 Å². The predicted octanol–water partition coefficient (Wildman–Crippen LogP) is 4.33. The number of rotatable bonds is 5. The molecular formula is C24H19ClN4O2. The van der Waals surface area contributed by atoms with Crippen LogP contribution in [0.15, 0.2) is 91.1 Å². The molecule has 1 aromatic heterocycles. The van der Waals surface area contributed by atoms with Gasteiger partial charge in [0.05, 0.1) is 22.7 Å². The Morgan fingerprint density at radius 1 is 0.774 bits per heavy atom. The maximum absolute atomic E-state index is 12.9. The quantitative estimate of drug-likeness (QED) is 0.463. The number of amides is 2. The van der Waals surface area contributed by atoms with Crippen molar-refractivity contribution in [2.75, 3.05) is 0 Å². The maximum Gasteiger partial charge on any atom is 0.273 e. The fourth-order valence-electron chi connectivity index (χ4n) is 3.14. The summed E-state index contributed by atoms with van der Waals surface area (Å²) in [6.45, 7) is 0.514. The monoisotopic (exact) mass is 430 g/mol. The summed E-state index contributed by atoms with van der Waals surface area (Å²) in [5.74, 6) is -0.976. The summed E-state index contributed by atoms with van der Waals surface area (Å²) in [6, 6.07) is 25.9. The normalized spacial score (nSPS) is 10.5. The average Bonchev–Trinajstić information content (AvgIpc) is 3.22. The van der Waals surface area contributed by atoms with Crippen molar-refractivity contribution in [1.29, 1.82) is 0 Å². The van der Waals surface area contributed by atoms with Crippen LogP contribution in [-0.4, -0.2) is 21.6 Å². The molecule has 0 saturated carbocycles. The Morgan fingerprint density at radius 3 is 2.03 bits per heavy atom. The van der Waals surface area contributed by atoms with Gasteiger partial charge < -0.3 is 0 Å². The van der Waals surface area contributed by atoms with E-state index in [9.17, 15) is 9.59 Å². The van der Waals surface area contributed by atoms with Crippen LogP contribution in [0.3, 0.4) is 0 Å². The zero-order valence-electron chi connectivity index (χ0n) is 16.5. The Hall–Kier alpha value is -3.90. The van der Waals surface area contributed by atoms with Crippen molar-refractivity contribution < 1.29 is 9.59 Å². The van der Waals surface area contributed by atoms with E-state index in [-0.39, 0.29) is 5.56 Å². The number of benzene rings is 3. The van der Waals surface area contributed by atoms with Gasteiger partial charge in [0.25, 0.3) is 11.8 Å². The van der Waals surface area contributed by atoms with Crippen LogP contribution in [-0.2, 0) is 6.54 Å². The van der Waals surface area contributed by atoms with Crippen LogP contribution in [0.4, 0.5) is 0 Å². The molecule has 154 valence electrons. The Morgan fingerprint density at radius 2 is 1.35 bits per heavy atom. The van der Waals surface area contributed by atoms with Crippen LogP contribution in [0.1, 0.15) is 26.3 Å². The number of aromatic nitrogens is 2. The summed E-state index contributed by atoms with van der Waals surface area (Å²) >= 11 is 6.05. The minimum atomic E-state index is -0.503. The molecule has 3 aromatic carbocycles. The largest absolute Gasteiger partial charge is 0.273 e. The average molecular weight is 431 g/mol. The van der Waals surface area contributed by atoms with Crippen molar-refractivity contribution in [1.82, 2.24) is 20.6 Å². The highest BCUT2D eigenvalue weighted by Gasteiger charge is 2.19. The van der Waals surface area contributed by atoms with Crippen LogP contribution < -0.4 is 10.9 Å². The van der Waals surface area contributed by atoms with Crippen molar-refractivity contribution in [2.24, 2.45) is 0 Å². The lowest BCUT2D eigenvalue weighted by atomic mass is 10.1. The number of nitrogens with one attached hydrogen (secondary N) is 2. The molecule has 0 aliphatic carbocycles. The van der Waals surface area contributed by atoms with Gasteiger partial charge in [-0.25, -0.2) is 0 Å². The summed E-state index contributed by atoms with van der Waals surface area (Å²) < 4.78 is 1.71. The van der Waals surface area contributed by atoms with Gasteiger partial charge in [-0.1, -0.05) is 84.4 Å². The van der Waals surface area contributed by atoms with Gasteiger partial charge in [-0.15, -0.1) is 0 Å². The minimum absolute atomic E-state index is 0.271. The van der Waals surface area contributed by atoms with E-state index in [4.69, 9.17) is 11.6 Å². The van der Waals surface area contributed by atoms with Crippen molar-refractivity contribution in [2.45, 2.75) is 6.54 Å². The van der Waals surface area contributed by atoms with Crippen LogP contribution >= 0.6 is 11.6 Å². The van der Waals surface area contributed by atoms with Gasteiger partial charge in [0, 0.05) is 11.8 Å². The number of hydrogen-bond acceptors (Lipinski definition) is 3. The number of carbonyl (C=O) groups is 2. The van der Waals surface area contributed by atoms with Crippen molar-refractivity contribution in [3.63, 3.8) is 0 Å². The SMILES string of the molecule is O=C(NNC(=O)c1cn(Cc2ccccc2)nc1-c1ccccc1)c1ccccc1Cl. The van der Waals surface area contributed by atoms with Crippen molar-refractivity contribution in [3.8, 4) is 11.3 Å². The zero-order valence-corrected chi connectivity index (χ0v) is 17.2. The van der Waals surface area contributed by atoms with Crippen LogP contribution in [0.25, 0.3) is 11.3 Å². The third kappa shape index (κ3) is 4.82. The topological polar surface area (TPSA) is 76.0 Å². The summed E-state index contributed by atoms with van der Waals surface area (Å²) in [6.07, 6.45) is 1.67. The van der Waals surface area contributed by atoms with E-state index in [0.717, 1.165) is 11.1 Å². The molecule has 2 amide bonds. The standard InChI is InChI=1S/C24H19ClN4O2/c25-21-14-8-7-13-19(21)23(30)26-27-24(31)20-16-29(15-17-9-3-1-4-10-17)28-22(20)18-11-5-2-6-12-18/h1-14,16H,15H2,(H,26,30)(H,27,31). The molecule has 0 aliphatic heterocycles. The molecule has 4 rings (SSSR count). The lowest BCUT2D eigenvalue weighted by Crippen LogP contribution is -2.41. The van der Waals surface area contributed by atoms with E-state index in [2.05, 4.69) is 16.0 Å². The van der Waals surface area contributed by atoms with Gasteiger partial charge in [0.2, 0.25) is 0 Å². The maximum atomic E-state index is 12.9. The molecule has 0 aliphatic rings. The first-order chi connectivity index (χ1) is 15.1. The molecule has 1 heterocycles. The number of nitrogens with zero attached hydrogens (tertiary/aromatic N) is 2. The fraction of sp³-hybridized carbons (Fsp3) is 0.0417. The van der Waals surface area contributed by atoms with E-state index in [1.807, 2.05) is 60.7 Å². The molecule has 0 unspecified atom stereocenters.